The second-order valence-electron chi connectivity index (χ2n) is 5.80. The Hall–Kier alpha value is -0.870. The lowest BCUT2D eigenvalue weighted by molar-refractivity contribution is 0.303. The van der Waals surface area contributed by atoms with Crippen molar-refractivity contribution < 1.29 is 4.74 Å². The molecule has 0 unspecified atom stereocenters. The molecule has 1 saturated heterocycles. The first-order valence-corrected chi connectivity index (χ1v) is 8.86. The Kier molecular flexibility index (Phi) is 4.65. The summed E-state index contributed by atoms with van der Waals surface area (Å²) in [5.41, 5.74) is 1.26. The molecule has 1 aliphatic carbocycles. The van der Waals surface area contributed by atoms with Gasteiger partial charge in [-0.3, -0.25) is 4.99 Å². The van der Waals surface area contributed by atoms with Crippen LogP contribution in [0.3, 0.4) is 0 Å². The van der Waals surface area contributed by atoms with E-state index in [0.29, 0.717) is 17.1 Å². The highest BCUT2D eigenvalue weighted by Gasteiger charge is 2.37. The molecule has 1 heterocycles. The number of hydrogen-bond donors (Lipinski definition) is 1. The first-order valence-electron chi connectivity index (χ1n) is 7.49. The van der Waals surface area contributed by atoms with Gasteiger partial charge in [0.1, 0.15) is 5.75 Å². The lowest BCUT2D eigenvalue weighted by Gasteiger charge is -2.32. The van der Waals surface area contributed by atoms with Gasteiger partial charge in [0.25, 0.3) is 0 Å². The molecule has 1 aromatic carbocycles. The number of nitrogens with one attached hydrogen (secondary N) is 1. The molecule has 0 bridgehead atoms. The number of rotatable bonds is 3. The summed E-state index contributed by atoms with van der Waals surface area (Å²) in [6.45, 7) is 0.564. The maximum atomic E-state index is 6.26. The first-order chi connectivity index (χ1) is 10.2. The van der Waals surface area contributed by atoms with E-state index in [4.69, 9.17) is 21.3 Å². The maximum Gasteiger partial charge on any atom is 0.157 e. The van der Waals surface area contributed by atoms with Gasteiger partial charge in [0.2, 0.25) is 0 Å². The Bertz CT molecular complexity index is 541. The molecule has 5 heteroatoms. The van der Waals surface area contributed by atoms with Gasteiger partial charge in [0.15, 0.2) is 5.17 Å². The zero-order valence-electron chi connectivity index (χ0n) is 12.3. The average Bonchev–Trinajstić information content (AvgIpc) is 2.89. The van der Waals surface area contributed by atoms with E-state index in [1.54, 1.807) is 7.11 Å². The molecule has 1 N–H and O–H groups in total. The summed E-state index contributed by atoms with van der Waals surface area (Å²) in [5.74, 6) is 1.95. The third kappa shape index (κ3) is 3.32. The molecule has 2 aliphatic rings. The maximum absolute atomic E-state index is 6.26. The average molecular weight is 325 g/mol. The number of ether oxygens (including phenoxy) is 1. The van der Waals surface area contributed by atoms with E-state index in [1.807, 2.05) is 30.0 Å². The van der Waals surface area contributed by atoms with Crippen molar-refractivity contribution in [2.75, 3.05) is 12.9 Å². The van der Waals surface area contributed by atoms with Gasteiger partial charge in [-0.05, 0) is 25.0 Å². The number of aliphatic imine (C=N–C) groups is 1. The predicted octanol–water partition coefficient (Wildman–Crippen LogP) is 4.24. The van der Waals surface area contributed by atoms with Gasteiger partial charge in [-0.15, -0.1) is 0 Å². The van der Waals surface area contributed by atoms with Crippen LogP contribution in [-0.4, -0.2) is 23.6 Å². The number of amidine groups is 1. The number of nitrogens with zero attached hydrogens (tertiary/aromatic N) is 1. The van der Waals surface area contributed by atoms with Crippen molar-refractivity contribution in [1.82, 2.24) is 5.32 Å². The van der Waals surface area contributed by atoms with Crippen LogP contribution in [0.25, 0.3) is 0 Å². The van der Waals surface area contributed by atoms with Crippen molar-refractivity contribution in [3.05, 3.63) is 28.8 Å². The topological polar surface area (TPSA) is 33.6 Å². The van der Waals surface area contributed by atoms with E-state index in [0.717, 1.165) is 22.2 Å². The highest BCUT2D eigenvalue weighted by atomic mass is 35.5. The zero-order chi connectivity index (χ0) is 14.7. The minimum Gasteiger partial charge on any atom is -0.496 e. The van der Waals surface area contributed by atoms with Crippen molar-refractivity contribution in [3.63, 3.8) is 0 Å². The summed E-state index contributed by atoms with van der Waals surface area (Å²) in [6, 6.07) is 5.72. The van der Waals surface area contributed by atoms with Crippen LogP contribution in [0.1, 0.15) is 37.7 Å². The van der Waals surface area contributed by atoms with Crippen LogP contribution in [0.5, 0.6) is 5.75 Å². The van der Waals surface area contributed by atoms with Crippen molar-refractivity contribution in [3.8, 4) is 5.75 Å². The molecule has 21 heavy (non-hydrogen) atoms. The molecular formula is C16H21ClN2OS. The minimum absolute atomic E-state index is 0.298. The Morgan fingerprint density at radius 1 is 1.33 bits per heavy atom. The Balaban J connectivity index is 1.70. The normalized spacial score (nSPS) is 22.5. The molecule has 1 aromatic rings. The molecular weight excluding hydrogens is 304 g/mol. The quantitative estimate of drug-likeness (QED) is 0.902. The Morgan fingerprint density at radius 2 is 2.14 bits per heavy atom. The van der Waals surface area contributed by atoms with E-state index in [-0.39, 0.29) is 0 Å². The Morgan fingerprint density at radius 3 is 2.90 bits per heavy atom. The second-order valence-corrected chi connectivity index (χ2v) is 7.17. The lowest BCUT2D eigenvalue weighted by atomic mass is 9.83. The van der Waals surface area contributed by atoms with Gasteiger partial charge >= 0.3 is 0 Å². The van der Waals surface area contributed by atoms with E-state index >= 15 is 0 Å². The van der Waals surface area contributed by atoms with E-state index in [2.05, 4.69) is 5.32 Å². The van der Waals surface area contributed by atoms with Crippen molar-refractivity contribution in [1.29, 1.82) is 0 Å². The SMILES string of the molecule is COc1cccc(Cl)c1CN=C1NC2(CCCCC2)CS1. The largest absolute Gasteiger partial charge is 0.496 e. The fraction of sp³-hybridized carbons (Fsp3) is 0.562. The highest BCUT2D eigenvalue weighted by molar-refractivity contribution is 8.14. The number of benzene rings is 1. The van der Waals surface area contributed by atoms with Crippen LogP contribution in [0.2, 0.25) is 5.02 Å². The van der Waals surface area contributed by atoms with Gasteiger partial charge in [-0.25, -0.2) is 0 Å². The number of halogens is 1. The Labute approximate surface area is 135 Å². The molecule has 114 valence electrons. The fourth-order valence-corrected chi connectivity index (χ4v) is 4.57. The number of thioether (sulfide) groups is 1. The van der Waals surface area contributed by atoms with Crippen molar-refractivity contribution >= 4 is 28.5 Å². The summed E-state index contributed by atoms with van der Waals surface area (Å²) in [7, 11) is 1.67. The summed E-state index contributed by atoms with van der Waals surface area (Å²) in [6.07, 6.45) is 6.58. The minimum atomic E-state index is 0.298. The molecule has 2 fully saturated rings. The zero-order valence-corrected chi connectivity index (χ0v) is 13.9. The molecule has 1 saturated carbocycles. The van der Waals surface area contributed by atoms with Crippen molar-refractivity contribution in [2.24, 2.45) is 4.99 Å². The number of hydrogen-bond acceptors (Lipinski definition) is 3. The molecule has 0 radical (unpaired) electrons. The molecule has 0 aromatic heterocycles. The summed E-state index contributed by atoms with van der Waals surface area (Å²) < 4.78 is 5.37. The third-order valence-electron chi connectivity index (χ3n) is 4.34. The van der Waals surface area contributed by atoms with Crippen molar-refractivity contribution in [2.45, 2.75) is 44.2 Å². The molecule has 3 nitrogen and oxygen atoms in total. The van der Waals surface area contributed by atoms with Gasteiger partial charge < -0.3 is 10.1 Å². The smallest absolute Gasteiger partial charge is 0.157 e. The standard InChI is InChI=1S/C16H21ClN2OS/c1-20-14-7-5-6-13(17)12(14)10-18-15-19-16(11-21-15)8-3-2-4-9-16/h5-7H,2-4,8-11H2,1H3,(H,18,19). The van der Waals surface area contributed by atoms with Gasteiger partial charge in [0.05, 0.1) is 13.7 Å². The van der Waals surface area contributed by atoms with Crippen LogP contribution in [0.15, 0.2) is 23.2 Å². The van der Waals surface area contributed by atoms with Gasteiger partial charge in [-0.2, -0.15) is 0 Å². The summed E-state index contributed by atoms with van der Waals surface area (Å²) in [4.78, 5) is 4.72. The molecule has 0 amide bonds. The molecule has 1 aliphatic heterocycles. The van der Waals surface area contributed by atoms with Crippen LogP contribution >= 0.6 is 23.4 Å². The number of methoxy groups -OCH3 is 1. The fourth-order valence-electron chi connectivity index (χ4n) is 3.12. The van der Waals surface area contributed by atoms with Gasteiger partial charge in [-0.1, -0.05) is 48.7 Å². The molecule has 1 spiro atoms. The van der Waals surface area contributed by atoms with Crippen LogP contribution in [0, 0.1) is 0 Å². The first kappa shape index (κ1) is 15.0. The third-order valence-corrected chi connectivity index (χ3v) is 5.90. The summed E-state index contributed by atoms with van der Waals surface area (Å²) in [5, 5.41) is 5.43. The summed E-state index contributed by atoms with van der Waals surface area (Å²) >= 11 is 8.10. The van der Waals surface area contributed by atoms with Crippen LogP contribution < -0.4 is 10.1 Å². The predicted molar refractivity (Wildman–Crippen MR) is 90.6 cm³/mol. The molecule has 0 atom stereocenters. The monoisotopic (exact) mass is 324 g/mol. The molecule has 3 rings (SSSR count). The van der Waals surface area contributed by atoms with Gasteiger partial charge in [0, 0.05) is 21.9 Å². The highest BCUT2D eigenvalue weighted by Crippen LogP contribution is 2.36. The van der Waals surface area contributed by atoms with E-state index in [1.165, 1.54) is 32.1 Å². The van der Waals surface area contributed by atoms with Crippen LogP contribution in [-0.2, 0) is 6.54 Å². The van der Waals surface area contributed by atoms with Crippen LogP contribution in [0.4, 0.5) is 0 Å². The lowest BCUT2D eigenvalue weighted by Crippen LogP contribution is -2.45. The van der Waals surface area contributed by atoms with E-state index in [9.17, 15) is 0 Å². The van der Waals surface area contributed by atoms with E-state index < -0.39 is 0 Å². The second kappa shape index (κ2) is 6.49.